The van der Waals surface area contributed by atoms with Gasteiger partial charge >= 0.3 is 0 Å². The van der Waals surface area contributed by atoms with Crippen LogP contribution in [0, 0.1) is 5.41 Å². The van der Waals surface area contributed by atoms with Crippen LogP contribution in [0.1, 0.15) is 26.2 Å². The van der Waals surface area contributed by atoms with Gasteiger partial charge < -0.3 is 15.5 Å². The van der Waals surface area contributed by atoms with E-state index in [-0.39, 0.29) is 17.9 Å². The van der Waals surface area contributed by atoms with E-state index in [1.807, 2.05) is 6.92 Å². The summed E-state index contributed by atoms with van der Waals surface area (Å²) < 4.78 is 0. The Hall–Kier alpha value is -0.610. The Bertz CT molecular complexity index is 189. The molecular formula is C9H17NO3. The fraction of sp³-hybridized carbons (Fsp3) is 0.889. The van der Waals surface area contributed by atoms with E-state index in [0.29, 0.717) is 13.0 Å². The molecule has 4 heteroatoms. The molecule has 1 unspecified atom stereocenters. The second-order valence-corrected chi connectivity index (χ2v) is 3.94. The minimum atomic E-state index is -0.715. The van der Waals surface area contributed by atoms with Crippen molar-refractivity contribution in [1.29, 1.82) is 0 Å². The van der Waals surface area contributed by atoms with Crippen LogP contribution in [0.3, 0.4) is 0 Å². The van der Waals surface area contributed by atoms with Crippen LogP contribution in [0.4, 0.5) is 0 Å². The van der Waals surface area contributed by atoms with Gasteiger partial charge in [0.15, 0.2) is 0 Å². The maximum atomic E-state index is 11.3. The Kier molecular flexibility index (Phi) is 3.27. The smallest absolute Gasteiger partial charge is 0.225 e. The summed E-state index contributed by atoms with van der Waals surface area (Å²) in [4.78, 5) is 11.3. The SMILES string of the molecule is CC1(C(=O)NCCC(O)CO)CC1. The number of hydrogen-bond donors (Lipinski definition) is 3. The van der Waals surface area contributed by atoms with E-state index in [0.717, 1.165) is 12.8 Å². The van der Waals surface area contributed by atoms with E-state index < -0.39 is 6.10 Å². The van der Waals surface area contributed by atoms with Crippen LogP contribution in [-0.4, -0.2) is 35.4 Å². The van der Waals surface area contributed by atoms with Gasteiger partial charge in [-0.3, -0.25) is 4.79 Å². The summed E-state index contributed by atoms with van der Waals surface area (Å²) in [7, 11) is 0. The second kappa shape index (κ2) is 4.07. The van der Waals surface area contributed by atoms with Gasteiger partial charge in [-0.25, -0.2) is 0 Å². The molecule has 0 radical (unpaired) electrons. The normalized spacial score (nSPS) is 20.8. The fourth-order valence-corrected chi connectivity index (χ4v) is 1.07. The molecule has 0 spiro atoms. The lowest BCUT2D eigenvalue weighted by Crippen LogP contribution is -2.33. The predicted octanol–water partition coefficient (Wildman–Crippen LogP) is -0.354. The highest BCUT2D eigenvalue weighted by Crippen LogP contribution is 2.44. The van der Waals surface area contributed by atoms with Gasteiger partial charge in [0.25, 0.3) is 0 Å². The summed E-state index contributed by atoms with van der Waals surface area (Å²) in [5, 5.41) is 20.2. The molecule has 0 aromatic heterocycles. The van der Waals surface area contributed by atoms with Crippen LogP contribution in [0.15, 0.2) is 0 Å². The minimum Gasteiger partial charge on any atom is -0.394 e. The van der Waals surface area contributed by atoms with E-state index in [2.05, 4.69) is 5.32 Å². The summed E-state index contributed by atoms with van der Waals surface area (Å²) in [6.07, 6.45) is 1.62. The van der Waals surface area contributed by atoms with Crippen LogP contribution >= 0.6 is 0 Å². The van der Waals surface area contributed by atoms with Crippen molar-refractivity contribution < 1.29 is 15.0 Å². The molecular weight excluding hydrogens is 170 g/mol. The molecule has 4 nitrogen and oxygen atoms in total. The average Bonchev–Trinajstić information content (AvgIpc) is 2.84. The molecule has 0 heterocycles. The summed E-state index contributed by atoms with van der Waals surface area (Å²) in [5.41, 5.74) is -0.149. The highest BCUT2D eigenvalue weighted by Gasteiger charge is 2.44. The Morgan fingerprint density at radius 1 is 1.62 bits per heavy atom. The van der Waals surface area contributed by atoms with Crippen molar-refractivity contribution in [3.05, 3.63) is 0 Å². The zero-order valence-electron chi connectivity index (χ0n) is 7.92. The van der Waals surface area contributed by atoms with Crippen molar-refractivity contribution in [3.8, 4) is 0 Å². The minimum absolute atomic E-state index is 0.0673. The molecule has 1 fully saturated rings. The molecule has 1 aliphatic rings. The summed E-state index contributed by atoms with van der Waals surface area (Å²) >= 11 is 0. The molecule has 76 valence electrons. The molecule has 0 saturated heterocycles. The van der Waals surface area contributed by atoms with Crippen LogP contribution in [-0.2, 0) is 4.79 Å². The van der Waals surface area contributed by atoms with Gasteiger partial charge in [0, 0.05) is 12.0 Å². The first-order valence-corrected chi connectivity index (χ1v) is 4.66. The van der Waals surface area contributed by atoms with E-state index in [1.54, 1.807) is 0 Å². The van der Waals surface area contributed by atoms with Crippen LogP contribution in [0.5, 0.6) is 0 Å². The van der Waals surface area contributed by atoms with Crippen LogP contribution in [0.2, 0.25) is 0 Å². The van der Waals surface area contributed by atoms with Crippen molar-refractivity contribution in [3.63, 3.8) is 0 Å². The monoisotopic (exact) mass is 187 g/mol. The topological polar surface area (TPSA) is 69.6 Å². The lowest BCUT2D eigenvalue weighted by atomic mass is 10.1. The third kappa shape index (κ3) is 2.97. The third-order valence-electron chi connectivity index (χ3n) is 2.52. The predicted molar refractivity (Wildman–Crippen MR) is 48.1 cm³/mol. The van der Waals surface area contributed by atoms with E-state index >= 15 is 0 Å². The van der Waals surface area contributed by atoms with Gasteiger partial charge in [0.1, 0.15) is 0 Å². The maximum absolute atomic E-state index is 11.3. The number of aliphatic hydroxyl groups is 2. The Labute approximate surface area is 78.0 Å². The number of carbonyl (C=O) groups is 1. The van der Waals surface area contributed by atoms with Gasteiger partial charge in [0.2, 0.25) is 5.91 Å². The first-order valence-electron chi connectivity index (χ1n) is 4.66. The lowest BCUT2D eigenvalue weighted by Gasteiger charge is -2.11. The van der Waals surface area contributed by atoms with Crippen molar-refractivity contribution >= 4 is 5.91 Å². The Morgan fingerprint density at radius 2 is 2.23 bits per heavy atom. The number of carbonyl (C=O) groups excluding carboxylic acids is 1. The van der Waals surface area contributed by atoms with E-state index in [4.69, 9.17) is 10.2 Å². The van der Waals surface area contributed by atoms with Gasteiger partial charge in [-0.2, -0.15) is 0 Å². The molecule has 3 N–H and O–H groups in total. The van der Waals surface area contributed by atoms with Crippen molar-refractivity contribution in [2.75, 3.05) is 13.2 Å². The van der Waals surface area contributed by atoms with Crippen molar-refractivity contribution in [1.82, 2.24) is 5.32 Å². The first-order chi connectivity index (χ1) is 6.08. The molecule has 0 aliphatic heterocycles. The summed E-state index contributed by atoms with van der Waals surface area (Å²) in [6, 6.07) is 0. The van der Waals surface area contributed by atoms with Crippen molar-refractivity contribution in [2.45, 2.75) is 32.3 Å². The number of nitrogens with one attached hydrogen (secondary N) is 1. The van der Waals surface area contributed by atoms with E-state index in [9.17, 15) is 4.79 Å². The van der Waals surface area contributed by atoms with Gasteiger partial charge in [-0.15, -0.1) is 0 Å². The van der Waals surface area contributed by atoms with Crippen LogP contribution in [0.25, 0.3) is 0 Å². The largest absolute Gasteiger partial charge is 0.394 e. The Balaban J connectivity index is 2.09. The summed E-state index contributed by atoms with van der Waals surface area (Å²) in [6.45, 7) is 2.13. The van der Waals surface area contributed by atoms with Gasteiger partial charge in [-0.1, -0.05) is 6.92 Å². The fourth-order valence-electron chi connectivity index (χ4n) is 1.07. The standard InChI is InChI=1S/C9H17NO3/c1-9(3-4-9)8(13)10-5-2-7(12)6-11/h7,11-12H,2-6H2,1H3,(H,10,13). The summed E-state index contributed by atoms with van der Waals surface area (Å²) in [5.74, 6) is 0.0673. The zero-order valence-corrected chi connectivity index (χ0v) is 7.92. The molecule has 0 bridgehead atoms. The van der Waals surface area contributed by atoms with Gasteiger partial charge in [0.05, 0.1) is 12.7 Å². The molecule has 1 rings (SSSR count). The molecule has 13 heavy (non-hydrogen) atoms. The van der Waals surface area contributed by atoms with E-state index in [1.165, 1.54) is 0 Å². The molecule has 1 saturated carbocycles. The molecule has 1 atom stereocenters. The first kappa shape index (κ1) is 10.5. The lowest BCUT2D eigenvalue weighted by molar-refractivity contribution is -0.125. The van der Waals surface area contributed by atoms with Crippen molar-refractivity contribution in [2.24, 2.45) is 5.41 Å². The number of hydrogen-bond acceptors (Lipinski definition) is 3. The average molecular weight is 187 g/mol. The molecule has 0 aromatic carbocycles. The zero-order chi connectivity index (χ0) is 9.90. The number of aliphatic hydroxyl groups excluding tert-OH is 2. The second-order valence-electron chi connectivity index (χ2n) is 3.94. The Morgan fingerprint density at radius 3 is 2.69 bits per heavy atom. The number of amides is 1. The highest BCUT2D eigenvalue weighted by molar-refractivity contribution is 5.84. The molecule has 1 aliphatic carbocycles. The molecule has 1 amide bonds. The molecule has 0 aromatic rings. The third-order valence-corrected chi connectivity index (χ3v) is 2.52. The quantitative estimate of drug-likeness (QED) is 0.551. The van der Waals surface area contributed by atoms with Crippen LogP contribution < -0.4 is 5.32 Å². The van der Waals surface area contributed by atoms with Gasteiger partial charge in [-0.05, 0) is 19.3 Å². The maximum Gasteiger partial charge on any atom is 0.225 e. The number of rotatable bonds is 5. The highest BCUT2D eigenvalue weighted by atomic mass is 16.3.